The quantitative estimate of drug-likeness (QED) is 0.269. The lowest BCUT2D eigenvalue weighted by molar-refractivity contribution is 0.0603. The number of nitrogens with zero attached hydrogens (tertiary/aromatic N) is 3. The van der Waals surface area contributed by atoms with Crippen LogP contribution in [-0.4, -0.2) is 46.6 Å². The first-order chi connectivity index (χ1) is 12.5. The number of hydrogen-bond donors (Lipinski definition) is 5. The van der Waals surface area contributed by atoms with Gasteiger partial charge < -0.3 is 27.3 Å². The van der Waals surface area contributed by atoms with E-state index in [0.29, 0.717) is 19.5 Å². The number of aliphatic imine (C=N–C) groups is 1. The van der Waals surface area contributed by atoms with E-state index in [0.717, 1.165) is 6.42 Å². The van der Waals surface area contributed by atoms with Crippen LogP contribution in [0.2, 0.25) is 5.15 Å². The van der Waals surface area contributed by atoms with Gasteiger partial charge in [0, 0.05) is 6.54 Å². The van der Waals surface area contributed by atoms with E-state index in [1.165, 1.54) is 0 Å². The molecule has 1 aromatic rings. The molecule has 0 saturated heterocycles. The fourth-order valence-corrected chi connectivity index (χ4v) is 1.87. The second-order valence-electron chi connectivity index (χ2n) is 6.45. The van der Waals surface area contributed by atoms with Gasteiger partial charge in [0.05, 0.1) is 0 Å². The molecule has 150 valence electrons. The van der Waals surface area contributed by atoms with E-state index in [-0.39, 0.29) is 28.4 Å². The van der Waals surface area contributed by atoms with Crippen molar-refractivity contribution < 1.29 is 14.3 Å². The van der Waals surface area contributed by atoms with Crippen LogP contribution in [0, 0.1) is 0 Å². The summed E-state index contributed by atoms with van der Waals surface area (Å²) in [6.07, 6.45) is 0.584. The first-order valence-electron chi connectivity index (χ1n) is 8.19. The molecule has 8 N–H and O–H groups in total. The Morgan fingerprint density at radius 1 is 1.19 bits per heavy atom. The monoisotopic (exact) mass is 400 g/mol. The summed E-state index contributed by atoms with van der Waals surface area (Å²) in [6.45, 7) is 6.02. The number of nitrogens with two attached hydrogens (primary N) is 3. The Balaban J connectivity index is 2.96. The minimum absolute atomic E-state index is 0.103. The molecule has 0 saturated carbocycles. The van der Waals surface area contributed by atoms with E-state index in [2.05, 4.69) is 25.6 Å². The zero-order valence-corrected chi connectivity index (χ0v) is 16.3. The van der Waals surface area contributed by atoms with Crippen molar-refractivity contribution in [1.29, 1.82) is 0 Å². The fraction of sp³-hybridized carbons (Fsp3) is 0.533. The standard InChI is InChI=1S/C15H25ClN8O3/c1-15(2,3)27-14(26)24-13(20-7-5-4-6-17)23-12(25)8-10(18)22-11(19)9(16)21-8/h4-7,17H2,1-3H3,(H4,18,19,22)(H2,20,23,24,25,26). The van der Waals surface area contributed by atoms with Gasteiger partial charge in [0.25, 0.3) is 5.91 Å². The minimum Gasteiger partial charge on any atom is -0.442 e. The van der Waals surface area contributed by atoms with Crippen molar-refractivity contribution in [2.45, 2.75) is 39.2 Å². The van der Waals surface area contributed by atoms with Crippen LogP contribution in [0.4, 0.5) is 16.4 Å². The van der Waals surface area contributed by atoms with Crippen molar-refractivity contribution >= 4 is 41.2 Å². The van der Waals surface area contributed by atoms with E-state index >= 15 is 0 Å². The predicted molar refractivity (Wildman–Crippen MR) is 103 cm³/mol. The van der Waals surface area contributed by atoms with Crippen molar-refractivity contribution in [2.75, 3.05) is 24.6 Å². The number of nitrogens with one attached hydrogen (secondary N) is 2. The molecular weight excluding hydrogens is 376 g/mol. The molecule has 0 aromatic carbocycles. The second-order valence-corrected chi connectivity index (χ2v) is 6.81. The molecule has 27 heavy (non-hydrogen) atoms. The molecule has 12 heteroatoms. The van der Waals surface area contributed by atoms with Gasteiger partial charge in [0.15, 0.2) is 22.5 Å². The van der Waals surface area contributed by atoms with E-state index in [9.17, 15) is 9.59 Å². The van der Waals surface area contributed by atoms with Crippen LogP contribution in [0.15, 0.2) is 4.99 Å². The van der Waals surface area contributed by atoms with Crippen LogP contribution in [0.1, 0.15) is 44.1 Å². The zero-order valence-electron chi connectivity index (χ0n) is 15.5. The lowest BCUT2D eigenvalue weighted by Gasteiger charge is -2.18. The molecule has 0 atom stereocenters. The average molecular weight is 401 g/mol. The van der Waals surface area contributed by atoms with Crippen molar-refractivity contribution in [1.82, 2.24) is 20.6 Å². The van der Waals surface area contributed by atoms with E-state index < -0.39 is 17.6 Å². The highest BCUT2D eigenvalue weighted by atomic mass is 35.5. The number of carbonyl (C=O) groups is 2. The molecule has 1 heterocycles. The lowest BCUT2D eigenvalue weighted by atomic mass is 10.2. The molecule has 0 radical (unpaired) electrons. The molecule has 2 amide bonds. The molecule has 1 rings (SSSR count). The molecule has 0 spiro atoms. The Bertz CT molecular complexity index is 718. The van der Waals surface area contributed by atoms with Gasteiger partial charge in [-0.25, -0.2) is 14.8 Å². The van der Waals surface area contributed by atoms with Crippen LogP contribution in [0.25, 0.3) is 0 Å². The van der Waals surface area contributed by atoms with Crippen LogP contribution >= 0.6 is 11.6 Å². The molecule has 1 aromatic heterocycles. The largest absolute Gasteiger partial charge is 0.442 e. The van der Waals surface area contributed by atoms with Gasteiger partial charge in [-0.2, -0.15) is 0 Å². The summed E-state index contributed by atoms with van der Waals surface area (Å²) in [5.74, 6) is -1.21. The van der Waals surface area contributed by atoms with Gasteiger partial charge in [-0.05, 0) is 40.2 Å². The molecule has 0 aliphatic rings. The number of hydrogen-bond acceptors (Lipinski definition) is 8. The van der Waals surface area contributed by atoms with Crippen molar-refractivity contribution in [2.24, 2.45) is 10.7 Å². The Morgan fingerprint density at radius 2 is 1.85 bits per heavy atom. The zero-order chi connectivity index (χ0) is 20.6. The fourth-order valence-electron chi connectivity index (χ4n) is 1.74. The third-order valence-corrected chi connectivity index (χ3v) is 3.15. The second kappa shape index (κ2) is 9.88. The van der Waals surface area contributed by atoms with Gasteiger partial charge >= 0.3 is 6.09 Å². The lowest BCUT2D eigenvalue weighted by Crippen LogP contribution is -2.43. The molecular formula is C15H25ClN8O3. The highest BCUT2D eigenvalue weighted by Gasteiger charge is 2.20. The summed E-state index contributed by atoms with van der Waals surface area (Å²) in [5, 5.41) is 5.06. The maximum atomic E-state index is 12.4. The number of aromatic nitrogens is 2. The first kappa shape index (κ1) is 22.4. The van der Waals surface area contributed by atoms with E-state index in [1.807, 2.05) is 0 Å². The summed E-state index contributed by atoms with van der Waals surface area (Å²) in [6, 6.07) is 0. The normalized spacial score (nSPS) is 11.8. The Labute approximate surface area is 162 Å². The van der Waals surface area contributed by atoms with E-state index in [4.69, 9.17) is 33.5 Å². The van der Waals surface area contributed by atoms with Crippen LogP contribution in [0.5, 0.6) is 0 Å². The molecule has 11 nitrogen and oxygen atoms in total. The molecule has 0 aliphatic heterocycles. The number of carbonyl (C=O) groups excluding carboxylic acids is 2. The summed E-state index contributed by atoms with van der Waals surface area (Å²) >= 11 is 5.78. The summed E-state index contributed by atoms with van der Waals surface area (Å²) in [7, 11) is 0. The number of halogens is 1. The first-order valence-corrected chi connectivity index (χ1v) is 8.56. The molecule has 0 unspecified atom stereocenters. The third kappa shape index (κ3) is 8.05. The maximum Gasteiger partial charge on any atom is 0.437 e. The number of unbranched alkanes of at least 4 members (excludes halogenated alkanes) is 1. The molecule has 0 bridgehead atoms. The van der Waals surface area contributed by atoms with Gasteiger partial charge in [-0.15, -0.1) is 4.99 Å². The SMILES string of the molecule is CC(C)(C)OC(=O)/N=C(\NCCCCN)NC(=O)c1nc(Cl)c(N)nc1N. The molecule has 0 aliphatic carbocycles. The van der Waals surface area contributed by atoms with Gasteiger partial charge in [-0.3, -0.25) is 10.1 Å². The van der Waals surface area contributed by atoms with Gasteiger partial charge in [-0.1, -0.05) is 11.6 Å². The average Bonchev–Trinajstić information content (AvgIpc) is 2.52. The number of ether oxygens (including phenoxy) is 1. The summed E-state index contributed by atoms with van der Waals surface area (Å²) in [5.41, 5.74) is 15.6. The molecule has 0 fully saturated rings. The minimum atomic E-state index is -0.876. The van der Waals surface area contributed by atoms with Crippen LogP contribution in [0.3, 0.4) is 0 Å². The highest BCUT2D eigenvalue weighted by Crippen LogP contribution is 2.17. The van der Waals surface area contributed by atoms with Crippen molar-refractivity contribution in [3.63, 3.8) is 0 Å². The number of guanidine groups is 1. The van der Waals surface area contributed by atoms with Gasteiger partial charge in [0.1, 0.15) is 5.60 Å². The van der Waals surface area contributed by atoms with Crippen molar-refractivity contribution in [3.8, 4) is 0 Å². The van der Waals surface area contributed by atoms with Crippen LogP contribution < -0.4 is 27.8 Å². The summed E-state index contributed by atoms with van der Waals surface area (Å²) < 4.78 is 5.11. The van der Waals surface area contributed by atoms with Gasteiger partial charge in [0.2, 0.25) is 5.96 Å². The Kier molecular flexibility index (Phi) is 8.19. The topological polar surface area (TPSA) is 184 Å². The van der Waals surface area contributed by atoms with E-state index in [1.54, 1.807) is 20.8 Å². The number of anilines is 2. The third-order valence-electron chi connectivity index (χ3n) is 2.87. The maximum absolute atomic E-state index is 12.4. The van der Waals surface area contributed by atoms with Crippen molar-refractivity contribution in [3.05, 3.63) is 10.8 Å². The van der Waals surface area contributed by atoms with Crippen LogP contribution in [-0.2, 0) is 4.74 Å². The number of rotatable bonds is 5. The Morgan fingerprint density at radius 3 is 2.44 bits per heavy atom. The Hall–Kier alpha value is -2.66. The highest BCUT2D eigenvalue weighted by molar-refractivity contribution is 6.31. The summed E-state index contributed by atoms with van der Waals surface area (Å²) in [4.78, 5) is 35.6. The smallest absolute Gasteiger partial charge is 0.437 e. The number of amides is 2. The number of nitrogen functional groups attached to an aromatic ring is 2. The predicted octanol–water partition coefficient (Wildman–Crippen LogP) is 0.644.